The molecule has 24 heavy (non-hydrogen) atoms. The van der Waals surface area contributed by atoms with Crippen LogP contribution in [0.2, 0.25) is 0 Å². The molecule has 1 heterocycles. The van der Waals surface area contributed by atoms with E-state index in [1.165, 1.54) is 17.7 Å². The van der Waals surface area contributed by atoms with Gasteiger partial charge in [0, 0.05) is 38.1 Å². The fraction of sp³-hybridized carbons (Fsp3) is 0.353. The topological polar surface area (TPSA) is 79.3 Å². The van der Waals surface area contributed by atoms with Gasteiger partial charge in [0.25, 0.3) is 5.91 Å². The fourth-order valence-electron chi connectivity index (χ4n) is 2.37. The van der Waals surface area contributed by atoms with Crippen LogP contribution in [-0.2, 0) is 6.54 Å². The summed E-state index contributed by atoms with van der Waals surface area (Å²) in [6.07, 6.45) is 5.97. The maximum atomic E-state index is 12.1. The van der Waals surface area contributed by atoms with Crippen LogP contribution in [0, 0.1) is 5.92 Å². The van der Waals surface area contributed by atoms with E-state index in [0.29, 0.717) is 16.9 Å². The van der Waals surface area contributed by atoms with E-state index in [9.17, 15) is 9.59 Å². The van der Waals surface area contributed by atoms with Gasteiger partial charge in [0.1, 0.15) is 0 Å². The Balaban J connectivity index is 1.59. The highest BCUT2D eigenvalue weighted by Crippen LogP contribution is 2.30. The summed E-state index contributed by atoms with van der Waals surface area (Å²) in [4.78, 5) is 25.5. The van der Waals surface area contributed by atoms with Crippen LogP contribution in [0.3, 0.4) is 0 Å². The predicted molar refractivity (Wildman–Crippen MR) is 92.1 cm³/mol. The molecule has 7 heteroatoms. The molecule has 1 aliphatic rings. The van der Waals surface area contributed by atoms with Crippen molar-refractivity contribution >= 4 is 23.3 Å². The van der Waals surface area contributed by atoms with E-state index in [0.717, 1.165) is 12.5 Å². The van der Waals surface area contributed by atoms with Crippen LogP contribution in [0.5, 0.6) is 0 Å². The lowest BCUT2D eigenvalue weighted by atomic mass is 10.2. The van der Waals surface area contributed by atoms with Crippen molar-refractivity contribution in [2.45, 2.75) is 19.4 Å². The monoisotopic (exact) mass is 327 g/mol. The summed E-state index contributed by atoms with van der Waals surface area (Å²) in [6, 6.07) is 6.48. The van der Waals surface area contributed by atoms with Gasteiger partial charge in [-0.1, -0.05) is 6.07 Å². The van der Waals surface area contributed by atoms with Crippen LogP contribution < -0.4 is 10.6 Å². The lowest BCUT2D eigenvalue weighted by Crippen LogP contribution is -2.22. The van der Waals surface area contributed by atoms with Crippen LogP contribution in [0.25, 0.3) is 0 Å². The first kappa shape index (κ1) is 16.0. The highest BCUT2D eigenvalue weighted by atomic mass is 16.2. The van der Waals surface area contributed by atoms with Crippen molar-refractivity contribution in [2.75, 3.05) is 24.7 Å². The highest BCUT2D eigenvalue weighted by Gasteiger charge is 2.22. The Morgan fingerprint density at radius 2 is 2.00 bits per heavy atom. The zero-order valence-corrected chi connectivity index (χ0v) is 13.8. The number of benzene rings is 1. The van der Waals surface area contributed by atoms with Crippen molar-refractivity contribution in [1.82, 2.24) is 14.7 Å². The van der Waals surface area contributed by atoms with Gasteiger partial charge in [0.15, 0.2) is 0 Å². The molecule has 3 rings (SSSR count). The molecule has 1 saturated carbocycles. The first-order valence-electron chi connectivity index (χ1n) is 7.93. The van der Waals surface area contributed by atoms with Crippen LogP contribution in [0.4, 0.5) is 16.2 Å². The molecule has 0 aliphatic heterocycles. The van der Waals surface area contributed by atoms with Crippen LogP contribution in [0.15, 0.2) is 36.7 Å². The molecule has 1 aliphatic carbocycles. The van der Waals surface area contributed by atoms with E-state index < -0.39 is 0 Å². The molecule has 0 radical (unpaired) electrons. The summed E-state index contributed by atoms with van der Waals surface area (Å²) >= 11 is 0. The van der Waals surface area contributed by atoms with Gasteiger partial charge in [0.05, 0.1) is 11.9 Å². The fourth-order valence-corrected chi connectivity index (χ4v) is 2.37. The van der Waals surface area contributed by atoms with Gasteiger partial charge in [-0.3, -0.25) is 9.48 Å². The van der Waals surface area contributed by atoms with Crippen molar-refractivity contribution in [3.63, 3.8) is 0 Å². The predicted octanol–water partition coefficient (Wildman–Crippen LogP) is 2.64. The Hall–Kier alpha value is -2.83. The Kier molecular flexibility index (Phi) is 4.50. The minimum Gasteiger partial charge on any atom is -0.345 e. The molecule has 0 atom stereocenters. The Morgan fingerprint density at radius 1 is 1.25 bits per heavy atom. The molecular formula is C17H21N5O2. The number of nitrogens with zero attached hydrogens (tertiary/aromatic N) is 3. The number of carbonyl (C=O) groups excluding carboxylic acids is 2. The van der Waals surface area contributed by atoms with Crippen LogP contribution in [-0.4, -0.2) is 40.7 Å². The largest absolute Gasteiger partial charge is 0.345 e. The van der Waals surface area contributed by atoms with Gasteiger partial charge in [-0.2, -0.15) is 5.10 Å². The first-order chi connectivity index (χ1) is 11.5. The Labute approximate surface area is 140 Å². The first-order valence-corrected chi connectivity index (χ1v) is 7.93. The molecule has 0 bridgehead atoms. The van der Waals surface area contributed by atoms with E-state index in [-0.39, 0.29) is 11.9 Å². The minimum atomic E-state index is -0.365. The number of rotatable bonds is 5. The molecule has 3 amide bonds. The number of hydrogen-bond acceptors (Lipinski definition) is 3. The average Bonchev–Trinajstić information content (AvgIpc) is 3.25. The highest BCUT2D eigenvalue weighted by molar-refractivity contribution is 6.01. The molecule has 1 aromatic heterocycles. The van der Waals surface area contributed by atoms with Crippen molar-refractivity contribution in [1.29, 1.82) is 0 Å². The van der Waals surface area contributed by atoms with Gasteiger partial charge in [-0.25, -0.2) is 4.79 Å². The van der Waals surface area contributed by atoms with Gasteiger partial charge in [0.2, 0.25) is 0 Å². The standard InChI is InChI=1S/C17H21N5O2/c1-21(2)16(23)13-4-3-5-14(8-13)19-17(24)20-15-9-18-22(11-15)10-12-6-7-12/h3-5,8-9,11-12H,6-7,10H2,1-2H3,(H2,19,20,24). The minimum absolute atomic E-state index is 0.111. The van der Waals surface area contributed by atoms with E-state index in [4.69, 9.17) is 0 Å². The summed E-state index contributed by atoms with van der Waals surface area (Å²) in [7, 11) is 3.38. The van der Waals surface area contributed by atoms with Crippen molar-refractivity contribution in [3.05, 3.63) is 42.2 Å². The third kappa shape index (κ3) is 4.13. The van der Waals surface area contributed by atoms with E-state index in [2.05, 4.69) is 15.7 Å². The van der Waals surface area contributed by atoms with Crippen molar-refractivity contribution in [2.24, 2.45) is 5.92 Å². The number of aromatic nitrogens is 2. The van der Waals surface area contributed by atoms with Crippen LogP contribution >= 0.6 is 0 Å². The van der Waals surface area contributed by atoms with Gasteiger partial charge in [-0.05, 0) is 37.0 Å². The number of hydrogen-bond donors (Lipinski definition) is 2. The summed E-state index contributed by atoms with van der Waals surface area (Å²) in [5.41, 5.74) is 1.73. The molecule has 2 aromatic rings. The number of nitrogens with one attached hydrogen (secondary N) is 2. The zero-order valence-electron chi connectivity index (χ0n) is 13.8. The Bertz CT molecular complexity index is 749. The van der Waals surface area contributed by atoms with Crippen molar-refractivity contribution in [3.8, 4) is 0 Å². The molecule has 1 fully saturated rings. The summed E-state index contributed by atoms with van der Waals surface area (Å²) in [6.45, 7) is 0.901. The maximum absolute atomic E-state index is 12.1. The second kappa shape index (κ2) is 6.74. The summed E-state index contributed by atoms with van der Waals surface area (Å²) < 4.78 is 1.85. The number of urea groups is 1. The third-order valence-electron chi connectivity index (χ3n) is 3.81. The lowest BCUT2D eigenvalue weighted by Gasteiger charge is -2.11. The number of carbonyl (C=O) groups is 2. The second-order valence-corrected chi connectivity index (χ2v) is 6.25. The quantitative estimate of drug-likeness (QED) is 0.886. The number of amides is 3. The zero-order chi connectivity index (χ0) is 17.1. The molecule has 0 spiro atoms. The molecule has 126 valence electrons. The molecule has 7 nitrogen and oxygen atoms in total. The van der Waals surface area contributed by atoms with E-state index >= 15 is 0 Å². The molecule has 1 aromatic carbocycles. The summed E-state index contributed by atoms with van der Waals surface area (Å²) in [5.74, 6) is 0.615. The molecule has 0 saturated heterocycles. The number of anilines is 2. The van der Waals surface area contributed by atoms with Gasteiger partial charge >= 0.3 is 6.03 Å². The summed E-state index contributed by atoms with van der Waals surface area (Å²) in [5, 5.41) is 9.71. The Morgan fingerprint density at radius 3 is 2.71 bits per heavy atom. The van der Waals surface area contributed by atoms with Gasteiger partial charge < -0.3 is 15.5 Å². The molecular weight excluding hydrogens is 306 g/mol. The van der Waals surface area contributed by atoms with Gasteiger partial charge in [-0.15, -0.1) is 0 Å². The normalized spacial score (nSPS) is 13.4. The smallest absolute Gasteiger partial charge is 0.323 e. The second-order valence-electron chi connectivity index (χ2n) is 6.25. The van der Waals surface area contributed by atoms with Crippen molar-refractivity contribution < 1.29 is 9.59 Å². The lowest BCUT2D eigenvalue weighted by molar-refractivity contribution is 0.0827. The molecule has 2 N–H and O–H groups in total. The average molecular weight is 327 g/mol. The molecule has 0 unspecified atom stereocenters. The van der Waals surface area contributed by atoms with Crippen LogP contribution in [0.1, 0.15) is 23.2 Å². The van der Waals surface area contributed by atoms with E-state index in [1.54, 1.807) is 44.6 Å². The third-order valence-corrected chi connectivity index (χ3v) is 3.81. The SMILES string of the molecule is CN(C)C(=O)c1cccc(NC(=O)Nc2cnn(CC3CC3)c2)c1. The maximum Gasteiger partial charge on any atom is 0.323 e. The van der Waals surface area contributed by atoms with E-state index in [1.807, 2.05) is 10.9 Å².